The minimum atomic E-state index is -0.705. The predicted octanol–water partition coefficient (Wildman–Crippen LogP) is 3.19. The summed E-state index contributed by atoms with van der Waals surface area (Å²) in [5, 5.41) is 7.24. The van der Waals surface area contributed by atoms with Crippen molar-refractivity contribution in [3.05, 3.63) is 29.3 Å². The minimum Gasteiger partial charge on any atom is -0.384 e. The molecule has 194 valence electrons. The molecule has 2 fully saturated rings. The third kappa shape index (κ3) is 5.92. The molecule has 0 unspecified atom stereocenters. The topological polar surface area (TPSA) is 124 Å². The molecular weight excluding hydrogens is 482 g/mol. The molecule has 2 saturated heterocycles. The van der Waals surface area contributed by atoms with Crippen molar-refractivity contribution in [1.29, 1.82) is 0 Å². The van der Waals surface area contributed by atoms with E-state index in [2.05, 4.69) is 20.5 Å². The number of nitrogens with zero attached hydrogens (tertiary/aromatic N) is 4. The molecule has 2 aliphatic rings. The number of rotatable bonds is 5. The summed E-state index contributed by atoms with van der Waals surface area (Å²) in [5.74, 6) is 0.0703. The van der Waals surface area contributed by atoms with Gasteiger partial charge in [0.05, 0.1) is 5.52 Å². The van der Waals surface area contributed by atoms with Crippen molar-refractivity contribution in [1.82, 2.24) is 25.4 Å². The van der Waals surface area contributed by atoms with Crippen molar-refractivity contribution in [2.45, 2.75) is 45.1 Å². The van der Waals surface area contributed by atoms with E-state index >= 15 is 0 Å². The number of urea groups is 2. The van der Waals surface area contributed by atoms with Crippen LogP contribution in [0, 0.1) is 0 Å². The fraction of sp³-hybridized carbons (Fsp3) is 0.520. The zero-order valence-electron chi connectivity index (χ0n) is 20.6. The highest BCUT2D eigenvalue weighted by Gasteiger charge is 2.33. The lowest BCUT2D eigenvalue weighted by Crippen LogP contribution is -2.57. The van der Waals surface area contributed by atoms with Crippen LogP contribution in [-0.4, -0.2) is 78.1 Å². The van der Waals surface area contributed by atoms with Crippen LogP contribution in [0.4, 0.5) is 21.1 Å². The van der Waals surface area contributed by atoms with Gasteiger partial charge in [0.25, 0.3) is 5.91 Å². The number of carbonyl (C=O) groups excluding carboxylic acids is 3. The van der Waals surface area contributed by atoms with E-state index in [0.717, 1.165) is 42.3 Å². The Bertz CT molecular complexity index is 1120. The zero-order chi connectivity index (χ0) is 25.7. The van der Waals surface area contributed by atoms with Crippen LogP contribution >= 0.6 is 11.6 Å². The van der Waals surface area contributed by atoms with Crippen LogP contribution in [0.3, 0.4) is 0 Å². The van der Waals surface area contributed by atoms with Crippen molar-refractivity contribution in [2.24, 2.45) is 0 Å². The van der Waals surface area contributed by atoms with Crippen LogP contribution in [-0.2, 0) is 4.79 Å². The third-order valence-corrected chi connectivity index (χ3v) is 6.95. The number of halogens is 1. The maximum atomic E-state index is 13.1. The first-order valence-corrected chi connectivity index (χ1v) is 13.0. The van der Waals surface area contributed by atoms with Gasteiger partial charge in [0.1, 0.15) is 11.9 Å². The Morgan fingerprint density at radius 1 is 1.11 bits per heavy atom. The van der Waals surface area contributed by atoms with Gasteiger partial charge in [0.15, 0.2) is 0 Å². The molecule has 36 heavy (non-hydrogen) atoms. The van der Waals surface area contributed by atoms with E-state index in [-0.39, 0.29) is 18.0 Å². The molecule has 0 aliphatic carbocycles. The number of piperazine rings is 1. The fourth-order valence-corrected chi connectivity index (χ4v) is 4.87. The van der Waals surface area contributed by atoms with Crippen LogP contribution in [0.25, 0.3) is 10.9 Å². The van der Waals surface area contributed by atoms with Crippen molar-refractivity contribution < 1.29 is 14.4 Å². The number of nitrogen functional groups attached to an aromatic ring is 1. The van der Waals surface area contributed by atoms with Crippen LogP contribution < -0.4 is 21.3 Å². The molecule has 0 spiro atoms. The Kier molecular flexibility index (Phi) is 8.35. The number of nitrogens with one attached hydrogen (secondary N) is 2. The molecule has 0 saturated carbocycles. The summed E-state index contributed by atoms with van der Waals surface area (Å²) in [6, 6.07) is 6.02. The average molecular weight is 516 g/mol. The first kappa shape index (κ1) is 25.8. The number of imide groups is 1. The lowest BCUT2D eigenvalue weighted by Gasteiger charge is -2.37. The smallest absolute Gasteiger partial charge is 0.324 e. The summed E-state index contributed by atoms with van der Waals surface area (Å²) in [6.07, 6.45) is 3.83. The van der Waals surface area contributed by atoms with Crippen LogP contribution in [0.5, 0.6) is 0 Å². The molecule has 5 amide bonds. The number of unbranched alkanes of at least 4 members (excludes halogenated alkanes) is 1. The highest BCUT2D eigenvalue weighted by molar-refractivity contribution is 6.31. The van der Waals surface area contributed by atoms with Gasteiger partial charge >= 0.3 is 12.1 Å². The first-order chi connectivity index (χ1) is 17.4. The number of pyridine rings is 1. The Hall–Kier alpha value is -3.27. The number of benzene rings is 1. The zero-order valence-corrected chi connectivity index (χ0v) is 21.4. The predicted molar refractivity (Wildman–Crippen MR) is 141 cm³/mol. The number of fused-ring (bicyclic) bond motifs is 1. The van der Waals surface area contributed by atoms with E-state index in [0.29, 0.717) is 56.5 Å². The van der Waals surface area contributed by atoms with Crippen molar-refractivity contribution in [2.75, 3.05) is 49.9 Å². The molecule has 1 aromatic heterocycles. The van der Waals surface area contributed by atoms with Crippen molar-refractivity contribution >= 4 is 52.0 Å². The summed E-state index contributed by atoms with van der Waals surface area (Å²) in [4.78, 5) is 48.1. The molecule has 4 rings (SSSR count). The second-order valence-electron chi connectivity index (χ2n) is 9.28. The van der Waals surface area contributed by atoms with Gasteiger partial charge in [-0.1, -0.05) is 24.9 Å². The normalized spacial score (nSPS) is 18.8. The Labute approximate surface area is 216 Å². The molecule has 2 aliphatic heterocycles. The molecule has 1 atom stereocenters. The van der Waals surface area contributed by atoms with Gasteiger partial charge in [0, 0.05) is 61.4 Å². The highest BCUT2D eigenvalue weighted by Crippen LogP contribution is 2.30. The molecular formula is C25H34ClN7O3. The lowest BCUT2D eigenvalue weighted by atomic mass is 10.1. The van der Waals surface area contributed by atoms with E-state index < -0.39 is 6.04 Å². The summed E-state index contributed by atoms with van der Waals surface area (Å²) in [7, 11) is 0. The number of amides is 5. The summed E-state index contributed by atoms with van der Waals surface area (Å²) < 4.78 is 0. The van der Waals surface area contributed by atoms with E-state index in [4.69, 9.17) is 17.3 Å². The third-order valence-electron chi connectivity index (χ3n) is 6.72. The molecule has 3 heterocycles. The standard InChI is InChI=1S/C25H34ClN7O3/c1-2-3-9-28-24(35)33-10-5-4-6-19(23(33)34)30-25(36)32-13-11-31(12-14-32)21-16-22(27)29-20-15-17(26)7-8-18(20)21/h7-8,15-16,19H,2-6,9-14H2,1H3,(H2,27,29)(H,28,35)(H,30,36)/t19-/m0/s1. The van der Waals surface area contributed by atoms with Gasteiger partial charge in [-0.15, -0.1) is 0 Å². The fourth-order valence-electron chi connectivity index (χ4n) is 4.70. The van der Waals surface area contributed by atoms with Gasteiger partial charge < -0.3 is 26.2 Å². The van der Waals surface area contributed by atoms with E-state index in [9.17, 15) is 14.4 Å². The Morgan fingerprint density at radius 3 is 2.64 bits per heavy atom. The van der Waals surface area contributed by atoms with Gasteiger partial charge in [0.2, 0.25) is 0 Å². The molecule has 2 aromatic rings. The minimum absolute atomic E-state index is 0.285. The maximum absolute atomic E-state index is 13.1. The van der Waals surface area contributed by atoms with Crippen molar-refractivity contribution in [3.63, 3.8) is 0 Å². The molecule has 11 heteroatoms. The largest absolute Gasteiger partial charge is 0.384 e. The summed E-state index contributed by atoms with van der Waals surface area (Å²) >= 11 is 6.12. The number of carbonyl (C=O) groups is 3. The van der Waals surface area contributed by atoms with Crippen LogP contribution in [0.1, 0.15) is 39.0 Å². The number of likely N-dealkylation sites (tertiary alicyclic amines) is 1. The Balaban J connectivity index is 1.37. The number of hydrogen-bond donors (Lipinski definition) is 3. The maximum Gasteiger partial charge on any atom is 0.324 e. The number of anilines is 2. The summed E-state index contributed by atoms with van der Waals surface area (Å²) in [5.41, 5.74) is 7.72. The number of hydrogen-bond acceptors (Lipinski definition) is 6. The average Bonchev–Trinajstić information content (AvgIpc) is 3.04. The van der Waals surface area contributed by atoms with Gasteiger partial charge in [-0.05, 0) is 43.9 Å². The van der Waals surface area contributed by atoms with Gasteiger partial charge in [-0.2, -0.15) is 0 Å². The number of aromatic nitrogens is 1. The second-order valence-corrected chi connectivity index (χ2v) is 9.71. The lowest BCUT2D eigenvalue weighted by molar-refractivity contribution is -0.129. The van der Waals surface area contributed by atoms with Gasteiger partial charge in [-0.25, -0.2) is 14.6 Å². The van der Waals surface area contributed by atoms with Crippen LogP contribution in [0.15, 0.2) is 24.3 Å². The van der Waals surface area contributed by atoms with E-state index in [1.165, 1.54) is 4.90 Å². The van der Waals surface area contributed by atoms with Gasteiger partial charge in [-0.3, -0.25) is 9.69 Å². The molecule has 10 nitrogen and oxygen atoms in total. The van der Waals surface area contributed by atoms with Crippen LogP contribution in [0.2, 0.25) is 5.02 Å². The molecule has 1 aromatic carbocycles. The second kappa shape index (κ2) is 11.6. The highest BCUT2D eigenvalue weighted by atomic mass is 35.5. The van der Waals surface area contributed by atoms with Crippen molar-refractivity contribution in [3.8, 4) is 0 Å². The Morgan fingerprint density at radius 2 is 1.89 bits per heavy atom. The quantitative estimate of drug-likeness (QED) is 0.525. The molecule has 0 bridgehead atoms. The first-order valence-electron chi connectivity index (χ1n) is 12.6. The molecule has 4 N–H and O–H groups in total. The monoisotopic (exact) mass is 515 g/mol. The van der Waals surface area contributed by atoms with E-state index in [1.54, 1.807) is 11.0 Å². The SMILES string of the molecule is CCCCNC(=O)N1CCCC[C@H](NC(=O)N2CCN(c3cc(N)nc4cc(Cl)ccc34)CC2)C1=O. The van der Waals surface area contributed by atoms with E-state index in [1.807, 2.05) is 25.1 Å². The number of nitrogens with two attached hydrogens (primary N) is 1. The summed E-state index contributed by atoms with van der Waals surface area (Å²) in [6.45, 7) is 5.15. The molecule has 0 radical (unpaired) electrons.